The van der Waals surface area contributed by atoms with Crippen molar-refractivity contribution in [1.82, 2.24) is 19.9 Å². The first-order valence-electron chi connectivity index (χ1n) is 8.63. The van der Waals surface area contributed by atoms with Gasteiger partial charge in [0.2, 0.25) is 5.89 Å². The van der Waals surface area contributed by atoms with E-state index in [9.17, 15) is 8.42 Å². The molecule has 8 heteroatoms. The molecule has 1 atom stereocenters. The number of rotatable bonds is 8. The zero-order valence-corrected chi connectivity index (χ0v) is 15.7. The van der Waals surface area contributed by atoms with Crippen LogP contribution in [0.15, 0.2) is 47.1 Å². The summed E-state index contributed by atoms with van der Waals surface area (Å²) in [5.41, 5.74) is 1.35. The topological polar surface area (TPSA) is 90.9 Å². The van der Waals surface area contributed by atoms with Crippen molar-refractivity contribution in [3.05, 3.63) is 60.0 Å². The van der Waals surface area contributed by atoms with E-state index < -0.39 is 15.1 Å². The number of nitrogens with zero attached hydrogens (tertiary/aromatic N) is 4. The largest absolute Gasteiger partial charge is 0.338 e. The van der Waals surface area contributed by atoms with Crippen LogP contribution < -0.4 is 0 Å². The molecule has 0 spiro atoms. The highest BCUT2D eigenvalue weighted by atomic mass is 32.2. The maximum atomic E-state index is 12.7. The zero-order chi connectivity index (χ0) is 18.6. The van der Waals surface area contributed by atoms with Crippen molar-refractivity contribution in [3.8, 4) is 5.69 Å². The van der Waals surface area contributed by atoms with Crippen LogP contribution in [0.25, 0.3) is 5.69 Å². The summed E-state index contributed by atoms with van der Waals surface area (Å²) in [4.78, 5) is 4.23. The normalized spacial score (nSPS) is 13.0. The molecular formula is C18H22N4O3S. The van der Waals surface area contributed by atoms with Crippen molar-refractivity contribution >= 4 is 9.84 Å². The van der Waals surface area contributed by atoms with Gasteiger partial charge in [-0.05, 0) is 31.5 Å². The maximum absolute atomic E-state index is 12.7. The van der Waals surface area contributed by atoms with Crippen molar-refractivity contribution in [2.24, 2.45) is 0 Å². The zero-order valence-electron chi connectivity index (χ0n) is 14.9. The van der Waals surface area contributed by atoms with Gasteiger partial charge in [0.1, 0.15) is 5.25 Å². The van der Waals surface area contributed by atoms with Crippen LogP contribution >= 0.6 is 0 Å². The molecule has 0 aliphatic heterocycles. The van der Waals surface area contributed by atoms with E-state index in [2.05, 4.69) is 22.2 Å². The van der Waals surface area contributed by atoms with Gasteiger partial charge in [0.15, 0.2) is 15.7 Å². The molecule has 0 fully saturated rings. The molecule has 26 heavy (non-hydrogen) atoms. The minimum absolute atomic E-state index is 0.138. The van der Waals surface area contributed by atoms with Gasteiger partial charge in [-0.15, -0.1) is 0 Å². The standard InChI is InChI=1S/C18H22N4O3S/c1-3-4-10-17-19-18(25-21-17)14(2)26(23,24)13-15-11-12-22(20-15)16-8-6-5-7-9-16/h5-9,11-12,14H,3-4,10,13H2,1-2H3/t14-/m0/s1. The molecule has 3 aromatic rings. The number of unbranched alkanes of at least 4 members (excludes halogenated alkanes) is 1. The molecule has 3 rings (SSSR count). The van der Waals surface area contributed by atoms with Crippen molar-refractivity contribution in [2.75, 3.05) is 0 Å². The van der Waals surface area contributed by atoms with Crippen LogP contribution in [0.5, 0.6) is 0 Å². The number of aromatic nitrogens is 4. The third-order valence-electron chi connectivity index (χ3n) is 4.14. The third-order valence-corrected chi connectivity index (χ3v) is 6.12. The number of sulfone groups is 1. The van der Waals surface area contributed by atoms with Gasteiger partial charge in [-0.3, -0.25) is 0 Å². The molecule has 0 aliphatic rings. The van der Waals surface area contributed by atoms with Crippen LogP contribution in [-0.2, 0) is 22.0 Å². The van der Waals surface area contributed by atoms with E-state index >= 15 is 0 Å². The Hall–Kier alpha value is -2.48. The summed E-state index contributed by atoms with van der Waals surface area (Å²) in [5, 5.41) is 7.36. The van der Waals surface area contributed by atoms with E-state index in [0.717, 1.165) is 18.5 Å². The lowest BCUT2D eigenvalue weighted by molar-refractivity contribution is 0.370. The first-order valence-corrected chi connectivity index (χ1v) is 10.3. The summed E-state index contributed by atoms with van der Waals surface area (Å²) < 4.78 is 32.2. The second kappa shape index (κ2) is 7.82. The van der Waals surface area contributed by atoms with Crippen LogP contribution in [-0.4, -0.2) is 28.3 Å². The fourth-order valence-corrected chi connectivity index (χ4v) is 3.74. The molecule has 0 N–H and O–H groups in total. The molecule has 0 amide bonds. The van der Waals surface area contributed by atoms with Gasteiger partial charge < -0.3 is 4.52 Å². The Morgan fingerprint density at radius 3 is 2.69 bits per heavy atom. The predicted molar refractivity (Wildman–Crippen MR) is 97.5 cm³/mol. The smallest absolute Gasteiger partial charge is 0.244 e. The summed E-state index contributed by atoms with van der Waals surface area (Å²) in [6.07, 6.45) is 4.40. The Labute approximate surface area is 153 Å². The number of aryl methyl sites for hydroxylation is 1. The Kier molecular flexibility index (Phi) is 5.51. The van der Waals surface area contributed by atoms with Gasteiger partial charge in [0.25, 0.3) is 0 Å². The number of benzene rings is 1. The van der Waals surface area contributed by atoms with Crippen LogP contribution in [0.2, 0.25) is 0 Å². The van der Waals surface area contributed by atoms with Gasteiger partial charge in [-0.2, -0.15) is 10.1 Å². The van der Waals surface area contributed by atoms with Gasteiger partial charge >= 0.3 is 0 Å². The quantitative estimate of drug-likeness (QED) is 0.601. The van der Waals surface area contributed by atoms with E-state index in [-0.39, 0.29) is 11.6 Å². The molecule has 0 saturated carbocycles. The average molecular weight is 374 g/mol. The number of hydrogen-bond donors (Lipinski definition) is 0. The lowest BCUT2D eigenvalue weighted by atomic mass is 10.2. The van der Waals surface area contributed by atoms with Crippen LogP contribution in [0.3, 0.4) is 0 Å². The minimum atomic E-state index is -3.51. The van der Waals surface area contributed by atoms with Crippen molar-refractivity contribution in [3.63, 3.8) is 0 Å². The molecule has 2 aromatic heterocycles. The van der Waals surface area contributed by atoms with E-state index in [4.69, 9.17) is 4.52 Å². The number of para-hydroxylation sites is 1. The second-order valence-corrected chi connectivity index (χ2v) is 8.51. The molecule has 0 saturated heterocycles. The maximum Gasteiger partial charge on any atom is 0.244 e. The van der Waals surface area contributed by atoms with E-state index in [1.54, 1.807) is 23.9 Å². The highest BCUT2D eigenvalue weighted by Gasteiger charge is 2.29. The monoisotopic (exact) mass is 374 g/mol. The molecule has 138 valence electrons. The number of hydrogen-bond acceptors (Lipinski definition) is 6. The van der Waals surface area contributed by atoms with Crippen molar-refractivity contribution < 1.29 is 12.9 Å². The molecule has 0 radical (unpaired) electrons. The van der Waals surface area contributed by atoms with E-state index in [0.29, 0.717) is 17.9 Å². The van der Waals surface area contributed by atoms with Crippen molar-refractivity contribution in [1.29, 1.82) is 0 Å². The molecule has 0 aliphatic carbocycles. The van der Waals surface area contributed by atoms with Gasteiger partial charge in [0, 0.05) is 12.6 Å². The lowest BCUT2D eigenvalue weighted by Crippen LogP contribution is -2.14. The molecule has 0 bridgehead atoms. The third kappa shape index (κ3) is 4.19. The lowest BCUT2D eigenvalue weighted by Gasteiger charge is -2.07. The van der Waals surface area contributed by atoms with Crippen molar-refractivity contribution in [2.45, 2.75) is 44.1 Å². The Balaban J connectivity index is 1.72. The summed E-state index contributed by atoms with van der Waals surface area (Å²) in [6, 6.07) is 11.2. The summed E-state index contributed by atoms with van der Waals surface area (Å²) in [7, 11) is -3.51. The highest BCUT2D eigenvalue weighted by Crippen LogP contribution is 2.24. The van der Waals surface area contributed by atoms with E-state index in [1.165, 1.54) is 0 Å². The van der Waals surface area contributed by atoms with Crippen LogP contribution in [0, 0.1) is 0 Å². The molecular weight excluding hydrogens is 352 g/mol. The molecule has 0 unspecified atom stereocenters. The fraction of sp³-hybridized carbons (Fsp3) is 0.389. The van der Waals surface area contributed by atoms with Gasteiger partial charge in [-0.1, -0.05) is 36.7 Å². The predicted octanol–water partition coefficient (Wildman–Crippen LogP) is 3.27. The summed E-state index contributed by atoms with van der Waals surface area (Å²) in [5.74, 6) is 0.511. The Bertz CT molecular complexity index is 948. The molecule has 1 aromatic carbocycles. The van der Waals surface area contributed by atoms with Gasteiger partial charge in [0.05, 0.1) is 17.1 Å². The highest BCUT2D eigenvalue weighted by molar-refractivity contribution is 7.90. The van der Waals surface area contributed by atoms with Crippen LogP contribution in [0.4, 0.5) is 0 Å². The molecule has 2 heterocycles. The summed E-state index contributed by atoms with van der Waals surface area (Å²) >= 11 is 0. The second-order valence-electron chi connectivity index (χ2n) is 6.19. The first kappa shape index (κ1) is 18.3. The first-order chi connectivity index (χ1) is 12.5. The van der Waals surface area contributed by atoms with Crippen LogP contribution in [0.1, 0.15) is 49.3 Å². The minimum Gasteiger partial charge on any atom is -0.338 e. The average Bonchev–Trinajstić information content (AvgIpc) is 3.29. The van der Waals surface area contributed by atoms with E-state index in [1.807, 2.05) is 30.3 Å². The Morgan fingerprint density at radius 2 is 1.96 bits per heavy atom. The van der Waals surface area contributed by atoms with Gasteiger partial charge in [-0.25, -0.2) is 13.1 Å². The fourth-order valence-electron chi connectivity index (χ4n) is 2.52. The SMILES string of the molecule is CCCCc1noc([C@H](C)S(=O)(=O)Cc2ccn(-c3ccccc3)n2)n1. The Morgan fingerprint density at radius 1 is 1.19 bits per heavy atom. The summed E-state index contributed by atoms with van der Waals surface area (Å²) in [6.45, 7) is 3.64. The molecule has 7 nitrogen and oxygen atoms in total.